The molecule has 0 N–H and O–H groups in total. The highest BCUT2D eigenvalue weighted by molar-refractivity contribution is 6.12. The highest BCUT2D eigenvalue weighted by Gasteiger charge is 2.23. The summed E-state index contributed by atoms with van der Waals surface area (Å²) in [5, 5.41) is 0. The SMILES string of the molecule is [B]C1CN(C(C)C)C1. The Labute approximate surface area is 52.5 Å². The minimum atomic E-state index is 0.456. The molecule has 0 aromatic rings. The first-order chi connectivity index (χ1) is 3.70. The second kappa shape index (κ2) is 2.10. The molecule has 1 nitrogen and oxygen atoms in total. The molecule has 0 unspecified atom stereocenters. The predicted octanol–water partition coefficient (Wildman–Crippen LogP) is 0.667. The van der Waals surface area contributed by atoms with Crippen molar-refractivity contribution in [1.29, 1.82) is 0 Å². The van der Waals surface area contributed by atoms with Gasteiger partial charge in [0.15, 0.2) is 0 Å². The summed E-state index contributed by atoms with van der Waals surface area (Å²) >= 11 is 0. The summed E-state index contributed by atoms with van der Waals surface area (Å²) in [4.78, 5) is 2.37. The van der Waals surface area contributed by atoms with Crippen molar-refractivity contribution in [3.05, 3.63) is 0 Å². The number of hydrogen-bond donors (Lipinski definition) is 0. The van der Waals surface area contributed by atoms with E-state index in [0.29, 0.717) is 11.9 Å². The highest BCUT2D eigenvalue weighted by Crippen LogP contribution is 2.19. The zero-order chi connectivity index (χ0) is 6.15. The van der Waals surface area contributed by atoms with Gasteiger partial charge in [-0.05, 0) is 26.9 Å². The minimum Gasteiger partial charge on any atom is -0.302 e. The van der Waals surface area contributed by atoms with Crippen LogP contribution in [0.2, 0.25) is 5.82 Å². The first kappa shape index (κ1) is 6.15. The summed E-state index contributed by atoms with van der Waals surface area (Å²) in [5.74, 6) is 0.456. The fraction of sp³-hybridized carbons (Fsp3) is 1.00. The quantitative estimate of drug-likeness (QED) is 0.447. The molecule has 0 aromatic heterocycles. The molecule has 8 heavy (non-hydrogen) atoms. The maximum atomic E-state index is 5.56. The Kier molecular flexibility index (Phi) is 1.61. The van der Waals surface area contributed by atoms with Crippen LogP contribution in [0, 0.1) is 0 Å². The van der Waals surface area contributed by atoms with Crippen molar-refractivity contribution in [3.63, 3.8) is 0 Å². The lowest BCUT2D eigenvalue weighted by Gasteiger charge is -2.40. The summed E-state index contributed by atoms with van der Waals surface area (Å²) < 4.78 is 0. The molecule has 0 saturated carbocycles. The van der Waals surface area contributed by atoms with E-state index in [4.69, 9.17) is 7.85 Å². The average molecular weight is 109 g/mol. The normalized spacial score (nSPS) is 23.9. The monoisotopic (exact) mass is 109 g/mol. The second-order valence-corrected chi connectivity index (χ2v) is 2.81. The maximum absolute atomic E-state index is 5.56. The Morgan fingerprint density at radius 3 is 2.12 bits per heavy atom. The van der Waals surface area contributed by atoms with E-state index in [0.717, 1.165) is 13.1 Å². The molecule has 1 fully saturated rings. The Balaban J connectivity index is 2.15. The fourth-order valence-corrected chi connectivity index (χ4v) is 0.971. The van der Waals surface area contributed by atoms with Gasteiger partial charge in [-0.15, -0.1) is 0 Å². The molecular weight excluding hydrogens is 96.9 g/mol. The van der Waals surface area contributed by atoms with E-state index in [-0.39, 0.29) is 0 Å². The molecule has 1 aliphatic heterocycles. The van der Waals surface area contributed by atoms with Gasteiger partial charge < -0.3 is 4.90 Å². The van der Waals surface area contributed by atoms with Crippen LogP contribution in [0.1, 0.15) is 13.8 Å². The number of rotatable bonds is 1. The third kappa shape index (κ3) is 1.05. The van der Waals surface area contributed by atoms with Gasteiger partial charge in [0.1, 0.15) is 0 Å². The molecule has 1 saturated heterocycles. The van der Waals surface area contributed by atoms with Gasteiger partial charge in [-0.3, -0.25) is 0 Å². The van der Waals surface area contributed by atoms with Crippen LogP contribution in [-0.4, -0.2) is 31.9 Å². The van der Waals surface area contributed by atoms with E-state index in [1.165, 1.54) is 0 Å². The van der Waals surface area contributed by atoms with Crippen LogP contribution in [0.5, 0.6) is 0 Å². The van der Waals surface area contributed by atoms with Gasteiger partial charge >= 0.3 is 0 Å². The predicted molar refractivity (Wildman–Crippen MR) is 36.2 cm³/mol. The van der Waals surface area contributed by atoms with Crippen molar-refractivity contribution >= 4 is 7.85 Å². The van der Waals surface area contributed by atoms with Gasteiger partial charge in [-0.25, -0.2) is 0 Å². The molecule has 44 valence electrons. The van der Waals surface area contributed by atoms with Crippen LogP contribution < -0.4 is 0 Å². The van der Waals surface area contributed by atoms with Crippen LogP contribution in [0.15, 0.2) is 0 Å². The van der Waals surface area contributed by atoms with E-state index in [1.807, 2.05) is 0 Å². The molecular formula is C6H12BN. The fourth-order valence-electron chi connectivity index (χ4n) is 0.971. The van der Waals surface area contributed by atoms with Crippen LogP contribution in [-0.2, 0) is 0 Å². The van der Waals surface area contributed by atoms with Crippen molar-refractivity contribution in [2.24, 2.45) is 0 Å². The zero-order valence-corrected chi connectivity index (χ0v) is 5.59. The lowest BCUT2D eigenvalue weighted by atomic mass is 9.80. The summed E-state index contributed by atoms with van der Waals surface area (Å²) in [6, 6.07) is 0.690. The Morgan fingerprint density at radius 2 is 2.00 bits per heavy atom. The lowest BCUT2D eigenvalue weighted by molar-refractivity contribution is 0.140. The molecule has 2 radical (unpaired) electrons. The first-order valence-corrected chi connectivity index (χ1v) is 3.20. The Bertz CT molecular complexity index is 76.6. The Hall–Kier alpha value is 0.0249. The number of hydrogen-bond acceptors (Lipinski definition) is 1. The summed E-state index contributed by atoms with van der Waals surface area (Å²) in [6.07, 6.45) is 0. The van der Waals surface area contributed by atoms with E-state index in [1.54, 1.807) is 0 Å². The van der Waals surface area contributed by atoms with Crippen molar-refractivity contribution < 1.29 is 0 Å². The number of likely N-dealkylation sites (tertiary alicyclic amines) is 1. The van der Waals surface area contributed by atoms with Crippen LogP contribution >= 0.6 is 0 Å². The number of nitrogens with zero attached hydrogens (tertiary/aromatic N) is 1. The van der Waals surface area contributed by atoms with Crippen molar-refractivity contribution in [2.45, 2.75) is 25.7 Å². The smallest absolute Gasteiger partial charge is 0.0734 e. The summed E-state index contributed by atoms with van der Waals surface area (Å²) in [7, 11) is 5.56. The van der Waals surface area contributed by atoms with Crippen molar-refractivity contribution in [2.75, 3.05) is 13.1 Å². The second-order valence-electron chi connectivity index (χ2n) is 2.81. The average Bonchev–Trinajstić information content (AvgIpc) is 1.57. The molecule has 2 heteroatoms. The minimum absolute atomic E-state index is 0.456. The van der Waals surface area contributed by atoms with E-state index in [2.05, 4.69) is 18.7 Å². The molecule has 0 bridgehead atoms. The molecule has 0 aromatic carbocycles. The maximum Gasteiger partial charge on any atom is 0.0734 e. The molecule has 1 rings (SSSR count). The molecule has 1 aliphatic rings. The largest absolute Gasteiger partial charge is 0.302 e. The van der Waals surface area contributed by atoms with Gasteiger partial charge in [-0.2, -0.15) is 0 Å². The lowest BCUT2D eigenvalue weighted by Crippen LogP contribution is -2.46. The van der Waals surface area contributed by atoms with E-state index >= 15 is 0 Å². The van der Waals surface area contributed by atoms with Gasteiger partial charge in [0.2, 0.25) is 0 Å². The van der Waals surface area contributed by atoms with Crippen LogP contribution in [0.4, 0.5) is 0 Å². The molecule has 0 amide bonds. The van der Waals surface area contributed by atoms with E-state index < -0.39 is 0 Å². The van der Waals surface area contributed by atoms with Crippen molar-refractivity contribution in [1.82, 2.24) is 4.90 Å². The molecule has 0 aliphatic carbocycles. The van der Waals surface area contributed by atoms with Crippen molar-refractivity contribution in [3.8, 4) is 0 Å². The molecule has 0 atom stereocenters. The van der Waals surface area contributed by atoms with E-state index in [9.17, 15) is 0 Å². The Morgan fingerprint density at radius 1 is 1.50 bits per heavy atom. The third-order valence-corrected chi connectivity index (χ3v) is 1.67. The van der Waals surface area contributed by atoms with Crippen LogP contribution in [0.3, 0.4) is 0 Å². The zero-order valence-electron chi connectivity index (χ0n) is 5.59. The topological polar surface area (TPSA) is 3.24 Å². The highest BCUT2D eigenvalue weighted by atomic mass is 15.2. The van der Waals surface area contributed by atoms with Crippen LogP contribution in [0.25, 0.3) is 0 Å². The van der Waals surface area contributed by atoms with Gasteiger partial charge in [0, 0.05) is 6.04 Å². The first-order valence-electron chi connectivity index (χ1n) is 3.20. The molecule has 1 heterocycles. The molecule has 0 spiro atoms. The standard InChI is InChI=1S/C6H12BN/c1-5(2)8-3-6(7)4-8/h5-6H,3-4H2,1-2H3. The third-order valence-electron chi connectivity index (χ3n) is 1.67. The van der Waals surface area contributed by atoms with Gasteiger partial charge in [0.25, 0.3) is 0 Å². The summed E-state index contributed by atoms with van der Waals surface area (Å²) in [5.41, 5.74) is 0. The van der Waals surface area contributed by atoms with Gasteiger partial charge in [-0.1, -0.05) is 5.82 Å². The van der Waals surface area contributed by atoms with Gasteiger partial charge in [0.05, 0.1) is 7.85 Å². The summed E-state index contributed by atoms with van der Waals surface area (Å²) in [6.45, 7) is 6.59.